The Morgan fingerprint density at radius 3 is 2.72 bits per heavy atom. The van der Waals surface area contributed by atoms with E-state index in [1.54, 1.807) is 18.3 Å². The number of hydrogen-bond acceptors (Lipinski definition) is 4. The van der Waals surface area contributed by atoms with E-state index in [0.29, 0.717) is 6.42 Å². The first-order chi connectivity index (χ1) is 11.9. The van der Waals surface area contributed by atoms with E-state index in [1.807, 2.05) is 0 Å². The lowest BCUT2D eigenvalue weighted by Gasteiger charge is -2.19. The van der Waals surface area contributed by atoms with E-state index in [-0.39, 0.29) is 5.78 Å². The van der Waals surface area contributed by atoms with Gasteiger partial charge in [-0.1, -0.05) is 0 Å². The number of carbonyl (C=O) groups excluding carboxylic acids is 1. The van der Waals surface area contributed by atoms with Gasteiger partial charge in [0.15, 0.2) is 0 Å². The van der Waals surface area contributed by atoms with E-state index >= 15 is 0 Å². The Balaban J connectivity index is 1.96. The van der Waals surface area contributed by atoms with Crippen molar-refractivity contribution >= 4 is 33.0 Å². The summed E-state index contributed by atoms with van der Waals surface area (Å²) in [5.41, 5.74) is 3.22. The van der Waals surface area contributed by atoms with E-state index in [0.717, 1.165) is 29.9 Å². The summed E-state index contributed by atoms with van der Waals surface area (Å²) in [6, 6.07) is 12.8. The van der Waals surface area contributed by atoms with Crippen LogP contribution in [-0.4, -0.2) is 38.5 Å². The van der Waals surface area contributed by atoms with Crippen LogP contribution in [0.1, 0.15) is 19.8 Å². The number of carbonyl (C=O) groups is 1. The monoisotopic (exact) mass is 354 g/mol. The van der Waals surface area contributed by atoms with Gasteiger partial charge in [-0.15, -0.1) is 11.3 Å². The van der Waals surface area contributed by atoms with Gasteiger partial charge >= 0.3 is 0 Å². The van der Waals surface area contributed by atoms with Gasteiger partial charge in [-0.25, -0.2) is 9.56 Å². The maximum absolute atomic E-state index is 11.1. The van der Waals surface area contributed by atoms with Gasteiger partial charge in [0.1, 0.15) is 19.9 Å². The highest BCUT2D eigenvalue weighted by Crippen LogP contribution is 2.31. The van der Waals surface area contributed by atoms with Gasteiger partial charge in [-0.2, -0.15) is 0 Å². The lowest BCUT2D eigenvalue weighted by atomic mass is 10.2. The summed E-state index contributed by atoms with van der Waals surface area (Å²) in [4.78, 5) is 19.3. The number of nitrogens with zero attached hydrogens (tertiary/aromatic N) is 3. The van der Waals surface area contributed by atoms with Crippen molar-refractivity contribution in [1.82, 2.24) is 9.56 Å². The molecule has 0 unspecified atom stereocenters. The van der Waals surface area contributed by atoms with Crippen LogP contribution in [0.25, 0.3) is 20.8 Å². The largest absolute Gasteiger partial charge is 0.375 e. The third-order valence-corrected chi connectivity index (χ3v) is 5.42. The summed E-state index contributed by atoms with van der Waals surface area (Å²) in [5, 5.41) is 1.18. The quantitative estimate of drug-likeness (QED) is 0.521. The van der Waals surface area contributed by atoms with Gasteiger partial charge in [0.05, 0.1) is 20.8 Å². The molecule has 2 aliphatic rings. The molecule has 5 heteroatoms. The third-order valence-electron chi connectivity index (χ3n) is 4.33. The van der Waals surface area contributed by atoms with Crippen LogP contribution in [-0.2, 0) is 4.79 Å². The molecule has 3 rings (SSSR count). The third kappa shape index (κ3) is 4.04. The molecule has 0 radical (unpaired) electrons. The normalized spacial score (nSPS) is 11.0. The molecule has 4 nitrogen and oxygen atoms in total. The van der Waals surface area contributed by atoms with E-state index in [2.05, 4.69) is 67.0 Å². The lowest BCUT2D eigenvalue weighted by Crippen LogP contribution is -2.21. The van der Waals surface area contributed by atoms with Gasteiger partial charge in [-0.3, -0.25) is 0 Å². The average Bonchev–Trinajstić information content (AvgIpc) is 2.58. The van der Waals surface area contributed by atoms with Crippen molar-refractivity contribution in [1.29, 1.82) is 0 Å². The van der Waals surface area contributed by atoms with Gasteiger partial charge < -0.3 is 9.69 Å². The minimum Gasteiger partial charge on any atom is -0.375 e. The molecule has 25 heavy (non-hydrogen) atoms. The van der Waals surface area contributed by atoms with Crippen molar-refractivity contribution in [2.45, 2.75) is 19.8 Å². The number of aromatic nitrogens is 1. The Labute approximate surface area is 152 Å². The molecule has 1 aliphatic carbocycles. The molecule has 1 aromatic rings. The first kappa shape index (κ1) is 17.5. The second kappa shape index (κ2) is 7.31. The molecule has 0 N–H and O–H groups in total. The summed E-state index contributed by atoms with van der Waals surface area (Å²) < 4.78 is 3.29. The van der Waals surface area contributed by atoms with Crippen LogP contribution in [0.2, 0.25) is 0 Å². The molecule has 0 aromatic heterocycles. The van der Waals surface area contributed by atoms with Crippen LogP contribution < -0.4 is 14.8 Å². The average molecular weight is 354 g/mol. The number of anilines is 1. The van der Waals surface area contributed by atoms with Crippen molar-refractivity contribution in [3.63, 3.8) is 0 Å². The maximum Gasteiger partial charge on any atom is 0.201 e. The summed E-state index contributed by atoms with van der Waals surface area (Å²) in [6.45, 7) is 2.53. The predicted octanol–water partition coefficient (Wildman–Crippen LogP) is 3.24. The molecule has 0 spiro atoms. The van der Waals surface area contributed by atoms with Crippen molar-refractivity contribution in [2.24, 2.45) is 0 Å². The van der Waals surface area contributed by atoms with Crippen LogP contribution in [0.3, 0.4) is 0 Å². The Hall–Kier alpha value is -2.27. The Morgan fingerprint density at radius 1 is 1.20 bits per heavy atom. The summed E-state index contributed by atoms with van der Waals surface area (Å²) in [7, 11) is 6.17. The molecule has 0 saturated heterocycles. The van der Waals surface area contributed by atoms with Crippen molar-refractivity contribution in [3.05, 3.63) is 41.8 Å². The Kier molecular flexibility index (Phi) is 5.13. The van der Waals surface area contributed by atoms with Gasteiger partial charge in [0, 0.05) is 37.8 Å². The van der Waals surface area contributed by atoms with Crippen LogP contribution in [0.4, 0.5) is 5.69 Å². The van der Waals surface area contributed by atoms with E-state index in [4.69, 9.17) is 4.98 Å². The highest BCUT2D eigenvalue weighted by Gasteiger charge is 2.10. The standard InChI is InChI=1S/C20H24N3OS/c1-14(24)6-5-11-23(4)16-8-10-18-20(13-16)25-19-12-15(22(2)3)7-9-17(19)21-18/h7-10,12-13H,5-6,11H2,1-4H3/q+1. The zero-order valence-electron chi connectivity index (χ0n) is 15.2. The molecular formula is C20H24N3OS+. The molecule has 1 aromatic carbocycles. The molecule has 0 amide bonds. The first-order valence-corrected chi connectivity index (χ1v) is 9.31. The fourth-order valence-electron chi connectivity index (χ4n) is 2.81. The van der Waals surface area contributed by atoms with Crippen molar-refractivity contribution in [2.75, 3.05) is 32.6 Å². The number of ketones is 1. The van der Waals surface area contributed by atoms with E-state index in [1.165, 1.54) is 14.9 Å². The fourth-order valence-corrected chi connectivity index (χ4v) is 3.84. The van der Waals surface area contributed by atoms with Crippen LogP contribution in [0.15, 0.2) is 36.4 Å². The van der Waals surface area contributed by atoms with Gasteiger partial charge in [0.2, 0.25) is 5.36 Å². The van der Waals surface area contributed by atoms with Gasteiger partial charge in [0.25, 0.3) is 0 Å². The number of fused-ring (bicyclic) bond motifs is 2. The molecule has 1 aliphatic heterocycles. The van der Waals surface area contributed by atoms with E-state index < -0.39 is 0 Å². The molecule has 0 atom stereocenters. The summed E-state index contributed by atoms with van der Waals surface area (Å²) in [6.07, 6.45) is 1.52. The Bertz CT molecular complexity index is 957. The van der Waals surface area contributed by atoms with Crippen molar-refractivity contribution < 1.29 is 4.79 Å². The molecule has 1 heterocycles. The van der Waals surface area contributed by atoms with Crippen LogP contribution in [0.5, 0.6) is 0 Å². The second-order valence-electron chi connectivity index (χ2n) is 6.64. The van der Waals surface area contributed by atoms with Crippen LogP contribution >= 0.6 is 11.3 Å². The highest BCUT2D eigenvalue weighted by atomic mass is 32.1. The molecular weight excluding hydrogens is 330 g/mol. The summed E-state index contributed by atoms with van der Waals surface area (Å²) in [5.74, 6) is 0.251. The predicted molar refractivity (Wildman–Crippen MR) is 107 cm³/mol. The Morgan fingerprint density at radius 2 is 2.00 bits per heavy atom. The topological polar surface area (TPSA) is 36.2 Å². The zero-order valence-corrected chi connectivity index (χ0v) is 16.1. The number of benzene rings is 2. The fraction of sp³-hybridized carbons (Fsp3) is 0.350. The molecule has 0 fully saturated rings. The van der Waals surface area contributed by atoms with Crippen LogP contribution in [0, 0.1) is 0 Å². The number of hydrogen-bond donors (Lipinski definition) is 0. The minimum absolute atomic E-state index is 0.251. The highest BCUT2D eigenvalue weighted by molar-refractivity contribution is 7.21. The first-order valence-electron chi connectivity index (χ1n) is 8.49. The van der Waals surface area contributed by atoms with E-state index in [9.17, 15) is 4.79 Å². The van der Waals surface area contributed by atoms with Gasteiger partial charge in [-0.05, 0) is 37.6 Å². The maximum atomic E-state index is 11.1. The number of Topliss-reactive ketones (excluding diaryl/α,β-unsaturated/α-hetero) is 1. The number of rotatable bonds is 5. The smallest absolute Gasteiger partial charge is 0.201 e. The van der Waals surface area contributed by atoms with Crippen molar-refractivity contribution in [3.8, 4) is 10.6 Å². The molecule has 130 valence electrons. The molecule has 0 saturated carbocycles. The zero-order chi connectivity index (χ0) is 18.0. The SMILES string of the molecule is CC(=O)CCCN(C)c1ccc2nc3ccc(=[N+](C)C)cc-3sc2c1. The second-order valence-corrected chi connectivity index (χ2v) is 7.72. The summed E-state index contributed by atoms with van der Waals surface area (Å²) >= 11 is 1.77. The minimum atomic E-state index is 0.251. The molecule has 0 bridgehead atoms. The lowest BCUT2D eigenvalue weighted by molar-refractivity contribution is -0.117.